The first-order chi connectivity index (χ1) is 18.0. The van der Waals surface area contributed by atoms with Crippen LogP contribution in [-0.2, 0) is 30.1 Å². The fraction of sp³-hybridized carbons (Fsp3) is 0.552. The van der Waals surface area contributed by atoms with Crippen LogP contribution in [0, 0.1) is 6.92 Å². The van der Waals surface area contributed by atoms with Crippen molar-refractivity contribution in [2.24, 2.45) is 0 Å². The summed E-state index contributed by atoms with van der Waals surface area (Å²) in [7, 11) is 0. The molecule has 0 aliphatic carbocycles. The summed E-state index contributed by atoms with van der Waals surface area (Å²) in [5.41, 5.74) is -1.38. The number of ether oxygens (including phenoxy) is 1. The Balaban J connectivity index is 1.86. The third kappa shape index (κ3) is 8.62. The highest BCUT2D eigenvalue weighted by molar-refractivity contribution is 5.69. The number of likely N-dealkylation sites (tertiary alicyclic amines) is 1. The van der Waals surface area contributed by atoms with E-state index in [0.29, 0.717) is 25.7 Å². The Bertz CT molecular complexity index is 1110. The van der Waals surface area contributed by atoms with Gasteiger partial charge in [0.1, 0.15) is 5.60 Å². The lowest BCUT2D eigenvalue weighted by molar-refractivity contribution is -0.143. The van der Waals surface area contributed by atoms with E-state index >= 15 is 0 Å². The Hall–Kier alpha value is -2.75. The highest BCUT2D eigenvalue weighted by Crippen LogP contribution is 2.37. The minimum atomic E-state index is -4.90. The number of nitrogens with zero attached hydrogens (tertiary/aromatic N) is 1. The molecule has 1 fully saturated rings. The average Bonchev–Trinajstić information content (AvgIpc) is 2.80. The maximum absolute atomic E-state index is 13.3. The molecule has 39 heavy (non-hydrogen) atoms. The predicted molar refractivity (Wildman–Crippen MR) is 137 cm³/mol. The molecule has 0 spiro atoms. The number of benzene rings is 2. The van der Waals surface area contributed by atoms with Crippen molar-refractivity contribution >= 4 is 6.09 Å². The number of alkyl halides is 6. The average molecular weight is 559 g/mol. The number of nitrogens with one attached hydrogen (secondary N) is 1. The van der Waals surface area contributed by atoms with Crippen molar-refractivity contribution in [3.8, 4) is 0 Å². The lowest BCUT2D eigenvalue weighted by Gasteiger charge is -2.45. The van der Waals surface area contributed by atoms with E-state index in [2.05, 4.69) is 5.32 Å². The van der Waals surface area contributed by atoms with Crippen molar-refractivity contribution in [3.63, 3.8) is 0 Å². The number of rotatable bonds is 6. The summed E-state index contributed by atoms with van der Waals surface area (Å²) in [6.45, 7) is 9.12. The molecule has 1 N–H and O–H groups in total. The second kappa shape index (κ2) is 11.8. The van der Waals surface area contributed by atoms with E-state index in [1.54, 1.807) is 25.7 Å². The number of amides is 1. The summed E-state index contributed by atoms with van der Waals surface area (Å²) >= 11 is 0. The summed E-state index contributed by atoms with van der Waals surface area (Å²) in [4.78, 5) is 15.0. The summed E-state index contributed by atoms with van der Waals surface area (Å²) in [6.07, 6.45) is -8.12. The van der Waals surface area contributed by atoms with Crippen LogP contribution >= 0.6 is 0 Å². The third-order valence-corrected chi connectivity index (χ3v) is 6.77. The molecule has 1 heterocycles. The van der Waals surface area contributed by atoms with E-state index in [1.165, 1.54) is 0 Å². The minimum Gasteiger partial charge on any atom is -0.444 e. The number of carbonyl (C=O) groups is 1. The van der Waals surface area contributed by atoms with Gasteiger partial charge in [0.05, 0.1) is 11.1 Å². The molecule has 3 unspecified atom stereocenters. The molecule has 0 radical (unpaired) electrons. The number of carbonyl (C=O) groups excluding carboxylic acids is 1. The van der Waals surface area contributed by atoms with E-state index in [-0.39, 0.29) is 36.3 Å². The fourth-order valence-corrected chi connectivity index (χ4v) is 5.10. The van der Waals surface area contributed by atoms with Crippen molar-refractivity contribution in [1.29, 1.82) is 0 Å². The monoisotopic (exact) mass is 558 g/mol. The maximum Gasteiger partial charge on any atom is 0.416 e. The molecule has 2 aromatic rings. The van der Waals surface area contributed by atoms with Gasteiger partial charge in [-0.05, 0) is 82.7 Å². The summed E-state index contributed by atoms with van der Waals surface area (Å²) in [5.74, 6) is 0. The molecular weight excluding hydrogens is 522 g/mol. The second-order valence-electron chi connectivity index (χ2n) is 11.3. The van der Waals surface area contributed by atoms with Crippen LogP contribution in [-0.4, -0.2) is 34.7 Å². The summed E-state index contributed by atoms with van der Waals surface area (Å²) in [6, 6.07) is 8.83. The van der Waals surface area contributed by atoms with Gasteiger partial charge in [0.2, 0.25) is 0 Å². The summed E-state index contributed by atoms with van der Waals surface area (Å²) in [5, 5.41) is 3.18. The molecule has 3 atom stereocenters. The Morgan fingerprint density at radius 1 is 0.923 bits per heavy atom. The lowest BCUT2D eigenvalue weighted by atomic mass is 9.86. The van der Waals surface area contributed by atoms with Crippen LogP contribution in [0.15, 0.2) is 42.5 Å². The molecule has 1 saturated heterocycles. The number of halogens is 6. The van der Waals surface area contributed by atoms with Crippen molar-refractivity contribution in [3.05, 3.63) is 70.3 Å². The van der Waals surface area contributed by atoms with E-state index in [1.807, 2.05) is 38.1 Å². The predicted octanol–water partition coefficient (Wildman–Crippen LogP) is 7.91. The SMILES string of the molecule is CCC1CC(NCc2cc(C(F)(F)F)cc(C(F)(F)F)c2)CC(Cc2cccc(C)c2)N1C(=O)OC(C)(C)C. The normalized spacial score (nSPS) is 20.7. The first kappa shape index (κ1) is 30.8. The Kier molecular flexibility index (Phi) is 9.30. The summed E-state index contributed by atoms with van der Waals surface area (Å²) < 4.78 is 85.6. The topological polar surface area (TPSA) is 41.6 Å². The van der Waals surface area contributed by atoms with Crippen molar-refractivity contribution in [2.45, 2.75) is 103 Å². The molecule has 1 amide bonds. The number of aryl methyl sites for hydroxylation is 1. The van der Waals surface area contributed by atoms with Gasteiger partial charge in [-0.15, -0.1) is 0 Å². The van der Waals surface area contributed by atoms with Crippen LogP contribution in [0.25, 0.3) is 0 Å². The van der Waals surface area contributed by atoms with Crippen molar-refractivity contribution in [2.75, 3.05) is 0 Å². The van der Waals surface area contributed by atoms with Gasteiger partial charge in [0, 0.05) is 24.7 Å². The van der Waals surface area contributed by atoms with Crippen LogP contribution in [0.1, 0.15) is 74.8 Å². The fourth-order valence-electron chi connectivity index (χ4n) is 5.10. The van der Waals surface area contributed by atoms with E-state index in [9.17, 15) is 31.1 Å². The first-order valence-electron chi connectivity index (χ1n) is 13.0. The highest BCUT2D eigenvalue weighted by Gasteiger charge is 2.40. The Morgan fingerprint density at radius 2 is 1.51 bits per heavy atom. The van der Waals surface area contributed by atoms with E-state index in [4.69, 9.17) is 4.74 Å². The van der Waals surface area contributed by atoms with Crippen LogP contribution in [0.4, 0.5) is 31.1 Å². The molecule has 0 aromatic heterocycles. The zero-order valence-corrected chi connectivity index (χ0v) is 22.8. The molecule has 3 rings (SSSR count). The highest BCUT2D eigenvalue weighted by atomic mass is 19.4. The maximum atomic E-state index is 13.3. The molecule has 1 aliphatic rings. The van der Waals surface area contributed by atoms with Gasteiger partial charge in [-0.1, -0.05) is 36.8 Å². The van der Waals surface area contributed by atoms with Crippen molar-refractivity contribution < 1.29 is 35.9 Å². The third-order valence-electron chi connectivity index (χ3n) is 6.77. The first-order valence-corrected chi connectivity index (χ1v) is 13.0. The number of piperidine rings is 1. The van der Waals surface area contributed by atoms with Gasteiger partial charge in [-0.2, -0.15) is 26.3 Å². The van der Waals surface area contributed by atoms with Crippen LogP contribution in [0.2, 0.25) is 0 Å². The van der Waals surface area contributed by atoms with Gasteiger partial charge in [0.15, 0.2) is 0 Å². The standard InChI is InChI=1S/C29H36F6N2O2/c1-6-24-15-23(36-17-20-11-21(28(30,31)32)14-22(12-20)29(33,34)35)16-25(13-19-9-7-8-18(2)10-19)37(24)26(38)39-27(3,4)5/h7-12,14,23-25,36H,6,13,15-17H2,1-5H3. The largest absolute Gasteiger partial charge is 0.444 e. The van der Waals surface area contributed by atoms with Gasteiger partial charge < -0.3 is 15.0 Å². The molecule has 2 aromatic carbocycles. The van der Waals surface area contributed by atoms with E-state index in [0.717, 1.165) is 23.3 Å². The quantitative estimate of drug-likeness (QED) is 0.367. The van der Waals surface area contributed by atoms with Crippen LogP contribution < -0.4 is 5.32 Å². The number of hydrogen-bond acceptors (Lipinski definition) is 3. The molecule has 10 heteroatoms. The van der Waals surface area contributed by atoms with Crippen LogP contribution in [0.5, 0.6) is 0 Å². The molecule has 4 nitrogen and oxygen atoms in total. The van der Waals surface area contributed by atoms with Gasteiger partial charge in [0.25, 0.3) is 0 Å². The van der Waals surface area contributed by atoms with E-state index < -0.39 is 35.2 Å². The molecule has 0 saturated carbocycles. The second-order valence-corrected chi connectivity index (χ2v) is 11.3. The molecule has 216 valence electrons. The Morgan fingerprint density at radius 3 is 2.03 bits per heavy atom. The zero-order valence-electron chi connectivity index (χ0n) is 22.8. The molecule has 1 aliphatic heterocycles. The smallest absolute Gasteiger partial charge is 0.416 e. The minimum absolute atomic E-state index is 0.102. The van der Waals surface area contributed by atoms with Gasteiger partial charge >= 0.3 is 18.4 Å². The van der Waals surface area contributed by atoms with Gasteiger partial charge in [-0.25, -0.2) is 4.79 Å². The number of hydrogen-bond donors (Lipinski definition) is 1. The molecule has 0 bridgehead atoms. The van der Waals surface area contributed by atoms with Crippen LogP contribution in [0.3, 0.4) is 0 Å². The Labute approximate surface area is 225 Å². The van der Waals surface area contributed by atoms with Crippen molar-refractivity contribution in [1.82, 2.24) is 10.2 Å². The van der Waals surface area contributed by atoms with Gasteiger partial charge in [-0.3, -0.25) is 0 Å². The molecular formula is C29H36F6N2O2. The lowest BCUT2D eigenvalue weighted by Crippen LogP contribution is -2.57. The zero-order chi connectivity index (χ0) is 29.2.